The van der Waals surface area contributed by atoms with Gasteiger partial charge in [0.25, 0.3) is 0 Å². The van der Waals surface area contributed by atoms with Crippen molar-refractivity contribution in [2.24, 2.45) is 0 Å². The third-order valence-corrected chi connectivity index (χ3v) is 5.13. The average Bonchev–Trinajstić information content (AvgIpc) is 2.91. The Kier molecular flexibility index (Phi) is 8.05. The van der Waals surface area contributed by atoms with Crippen LogP contribution in [-0.2, 0) is 0 Å². The number of nitrogens with one attached hydrogen (secondary N) is 2. The number of halogens is 3. The zero-order valence-electron chi connectivity index (χ0n) is 14.7. The van der Waals surface area contributed by atoms with Crippen LogP contribution < -0.4 is 20.4 Å². The smallest absolute Gasteiger partial charge is 0.148 e. The van der Waals surface area contributed by atoms with Gasteiger partial charge in [-0.15, -0.1) is 24.8 Å². The van der Waals surface area contributed by atoms with Crippen LogP contribution in [0.5, 0.6) is 0 Å². The monoisotopic (exact) mass is 417 g/mol. The number of anilines is 2. The summed E-state index contributed by atoms with van der Waals surface area (Å²) in [5.74, 6) is 0.914. The van der Waals surface area contributed by atoms with Crippen LogP contribution in [0.25, 0.3) is 10.9 Å². The lowest BCUT2D eigenvalue weighted by atomic mass is 10.1. The predicted octanol–water partition coefficient (Wildman–Crippen LogP) is 2.94. The summed E-state index contributed by atoms with van der Waals surface area (Å²) in [4.78, 5) is 9.55. The second kappa shape index (κ2) is 9.81. The predicted molar refractivity (Wildman–Crippen MR) is 116 cm³/mol. The van der Waals surface area contributed by atoms with Crippen molar-refractivity contribution in [3.05, 3.63) is 29.3 Å². The van der Waals surface area contributed by atoms with Crippen LogP contribution in [-0.4, -0.2) is 57.3 Å². The lowest BCUT2D eigenvalue weighted by Crippen LogP contribution is -2.44. The fraction of sp³-hybridized carbons (Fsp3) is 0.500. The standard InChI is InChI=1S/C18H24ClN5.2ClH/c19-16-13-14-12-15(23-8-1-4-20-5-9-23)2-3-17(14)22-18(16)24-10-6-21-7-11-24;;/h2-3,12-13,20-21H,1,4-11H2;2*1H. The lowest BCUT2D eigenvalue weighted by Gasteiger charge is -2.29. The van der Waals surface area contributed by atoms with E-state index in [0.717, 1.165) is 74.1 Å². The third kappa shape index (κ3) is 4.65. The molecule has 2 aromatic rings. The molecule has 26 heavy (non-hydrogen) atoms. The molecule has 2 N–H and O–H groups in total. The molecule has 144 valence electrons. The van der Waals surface area contributed by atoms with Crippen LogP contribution in [0.3, 0.4) is 0 Å². The highest BCUT2D eigenvalue weighted by molar-refractivity contribution is 6.33. The fourth-order valence-corrected chi connectivity index (χ4v) is 3.81. The summed E-state index contributed by atoms with van der Waals surface area (Å²) in [6.45, 7) is 8.17. The summed E-state index contributed by atoms with van der Waals surface area (Å²) < 4.78 is 0. The van der Waals surface area contributed by atoms with Crippen LogP contribution >= 0.6 is 36.4 Å². The number of hydrogen-bond donors (Lipinski definition) is 2. The minimum absolute atomic E-state index is 0. The van der Waals surface area contributed by atoms with Gasteiger partial charge in [0, 0.05) is 56.9 Å². The Bertz CT molecular complexity index is 713. The van der Waals surface area contributed by atoms with Gasteiger partial charge in [0.15, 0.2) is 0 Å². The molecule has 2 saturated heterocycles. The second-order valence-electron chi connectivity index (χ2n) is 6.50. The first kappa shape index (κ1) is 21.3. The molecule has 0 unspecified atom stereocenters. The Morgan fingerprint density at radius 2 is 1.54 bits per heavy atom. The van der Waals surface area contributed by atoms with E-state index >= 15 is 0 Å². The minimum atomic E-state index is 0. The van der Waals surface area contributed by atoms with Crippen molar-refractivity contribution in [2.75, 3.05) is 62.2 Å². The molecular weight excluding hydrogens is 393 g/mol. The van der Waals surface area contributed by atoms with Crippen LogP contribution in [0.15, 0.2) is 24.3 Å². The number of piperazine rings is 1. The van der Waals surface area contributed by atoms with E-state index in [1.807, 2.05) is 0 Å². The van der Waals surface area contributed by atoms with E-state index in [1.165, 1.54) is 12.1 Å². The van der Waals surface area contributed by atoms with Gasteiger partial charge in [-0.1, -0.05) is 11.6 Å². The number of aromatic nitrogens is 1. The topological polar surface area (TPSA) is 43.4 Å². The van der Waals surface area contributed by atoms with Gasteiger partial charge in [0.2, 0.25) is 0 Å². The molecule has 1 aromatic carbocycles. The zero-order valence-corrected chi connectivity index (χ0v) is 17.1. The van der Waals surface area contributed by atoms with E-state index in [0.29, 0.717) is 0 Å². The van der Waals surface area contributed by atoms with Gasteiger partial charge in [0.05, 0.1) is 10.5 Å². The van der Waals surface area contributed by atoms with Crippen LogP contribution in [0.2, 0.25) is 5.02 Å². The molecular formula is C18H26Cl3N5. The number of fused-ring (bicyclic) bond motifs is 1. The molecule has 0 radical (unpaired) electrons. The summed E-state index contributed by atoms with van der Waals surface area (Å²) in [5.41, 5.74) is 2.28. The molecule has 1 aromatic heterocycles. The highest BCUT2D eigenvalue weighted by Crippen LogP contribution is 2.30. The normalized spacial score (nSPS) is 18.0. The zero-order chi connectivity index (χ0) is 16.4. The minimum Gasteiger partial charge on any atom is -0.370 e. The second-order valence-corrected chi connectivity index (χ2v) is 6.91. The quantitative estimate of drug-likeness (QED) is 0.785. The van der Waals surface area contributed by atoms with Crippen LogP contribution in [0.4, 0.5) is 11.5 Å². The highest BCUT2D eigenvalue weighted by Gasteiger charge is 2.17. The molecule has 0 saturated carbocycles. The Morgan fingerprint density at radius 1 is 0.846 bits per heavy atom. The van der Waals surface area contributed by atoms with Crippen molar-refractivity contribution < 1.29 is 0 Å². The van der Waals surface area contributed by atoms with Crippen LogP contribution in [0, 0.1) is 0 Å². The molecule has 0 spiro atoms. The van der Waals surface area contributed by atoms with Gasteiger partial charge >= 0.3 is 0 Å². The van der Waals surface area contributed by atoms with Gasteiger partial charge in [-0.05, 0) is 37.2 Å². The number of pyridine rings is 1. The van der Waals surface area contributed by atoms with Gasteiger partial charge in [-0.3, -0.25) is 0 Å². The van der Waals surface area contributed by atoms with Crippen molar-refractivity contribution in [3.63, 3.8) is 0 Å². The van der Waals surface area contributed by atoms with E-state index in [9.17, 15) is 0 Å². The van der Waals surface area contributed by atoms with Crippen molar-refractivity contribution in [3.8, 4) is 0 Å². The molecule has 2 aliphatic heterocycles. The largest absolute Gasteiger partial charge is 0.370 e. The van der Waals surface area contributed by atoms with E-state index < -0.39 is 0 Å². The molecule has 2 aliphatic rings. The first-order valence-corrected chi connectivity index (χ1v) is 9.21. The van der Waals surface area contributed by atoms with E-state index in [-0.39, 0.29) is 24.8 Å². The lowest BCUT2D eigenvalue weighted by molar-refractivity contribution is 0.585. The Morgan fingerprint density at radius 3 is 2.31 bits per heavy atom. The van der Waals surface area contributed by atoms with E-state index in [1.54, 1.807) is 0 Å². The fourth-order valence-electron chi connectivity index (χ4n) is 3.53. The summed E-state index contributed by atoms with van der Waals surface area (Å²) in [6, 6.07) is 8.61. The van der Waals surface area contributed by atoms with E-state index in [2.05, 4.69) is 44.7 Å². The summed E-state index contributed by atoms with van der Waals surface area (Å²) in [5, 5.41) is 8.69. The Labute approximate surface area is 172 Å². The average molecular weight is 419 g/mol. The third-order valence-electron chi connectivity index (χ3n) is 4.86. The maximum absolute atomic E-state index is 6.55. The number of hydrogen-bond acceptors (Lipinski definition) is 5. The summed E-state index contributed by atoms with van der Waals surface area (Å²) in [7, 11) is 0. The summed E-state index contributed by atoms with van der Waals surface area (Å²) >= 11 is 6.55. The molecule has 0 atom stereocenters. The first-order chi connectivity index (χ1) is 11.8. The molecule has 3 heterocycles. The van der Waals surface area contributed by atoms with Gasteiger partial charge in [-0.2, -0.15) is 0 Å². The summed E-state index contributed by atoms with van der Waals surface area (Å²) in [6.07, 6.45) is 1.18. The maximum Gasteiger partial charge on any atom is 0.148 e. The number of rotatable bonds is 2. The van der Waals surface area contributed by atoms with Crippen LogP contribution in [0.1, 0.15) is 6.42 Å². The molecule has 0 aliphatic carbocycles. The highest BCUT2D eigenvalue weighted by atomic mass is 35.5. The maximum atomic E-state index is 6.55. The first-order valence-electron chi connectivity index (χ1n) is 8.83. The molecule has 0 amide bonds. The van der Waals surface area contributed by atoms with Gasteiger partial charge < -0.3 is 20.4 Å². The molecule has 4 rings (SSSR count). The number of benzene rings is 1. The SMILES string of the molecule is Cl.Cl.Clc1cc2cc(N3CCCNCC3)ccc2nc1N1CCNCC1. The Balaban J connectivity index is 0.00000121. The van der Waals surface area contributed by atoms with Gasteiger partial charge in [-0.25, -0.2) is 4.98 Å². The molecule has 8 heteroatoms. The van der Waals surface area contributed by atoms with Crippen molar-refractivity contribution >= 4 is 58.8 Å². The molecule has 5 nitrogen and oxygen atoms in total. The van der Waals surface area contributed by atoms with Gasteiger partial charge in [0.1, 0.15) is 5.82 Å². The number of nitrogens with zero attached hydrogens (tertiary/aromatic N) is 3. The Hall–Kier alpha value is -0.980. The van der Waals surface area contributed by atoms with Crippen molar-refractivity contribution in [1.82, 2.24) is 15.6 Å². The van der Waals surface area contributed by atoms with Crippen molar-refractivity contribution in [1.29, 1.82) is 0 Å². The van der Waals surface area contributed by atoms with Crippen molar-refractivity contribution in [2.45, 2.75) is 6.42 Å². The van der Waals surface area contributed by atoms with E-state index in [4.69, 9.17) is 16.6 Å². The molecule has 0 bridgehead atoms. The molecule has 2 fully saturated rings.